The fourth-order valence-corrected chi connectivity index (χ4v) is 5.89. The third-order valence-corrected chi connectivity index (χ3v) is 8.13. The third-order valence-electron chi connectivity index (χ3n) is 6.22. The molecular weight excluding hydrogens is 455 g/mol. The average Bonchev–Trinajstić information content (AvgIpc) is 2.82. The molecule has 1 fully saturated rings. The van der Waals surface area contributed by atoms with Crippen LogP contribution in [-0.4, -0.2) is 38.3 Å². The van der Waals surface area contributed by atoms with Gasteiger partial charge in [-0.2, -0.15) is 22.7 Å². The van der Waals surface area contributed by atoms with Gasteiger partial charge in [0.05, 0.1) is 22.1 Å². The highest BCUT2D eigenvalue weighted by atomic mass is 32.2. The summed E-state index contributed by atoms with van der Waals surface area (Å²) in [6, 6.07) is 11.1. The fourth-order valence-electron chi connectivity index (χ4n) is 4.42. The molecule has 0 spiro atoms. The first kappa shape index (κ1) is 23.3. The maximum absolute atomic E-state index is 13.2. The number of anilines is 1. The van der Waals surface area contributed by atoms with Gasteiger partial charge in [-0.25, -0.2) is 8.42 Å². The van der Waals surface area contributed by atoms with E-state index in [0.29, 0.717) is 49.0 Å². The lowest BCUT2D eigenvalue weighted by molar-refractivity contribution is -0.137. The molecule has 2 aromatic rings. The Morgan fingerprint density at radius 2 is 1.70 bits per heavy atom. The van der Waals surface area contributed by atoms with Crippen LogP contribution in [0.2, 0.25) is 0 Å². The van der Waals surface area contributed by atoms with Crippen LogP contribution in [0.4, 0.5) is 18.9 Å². The molecule has 2 aliphatic heterocycles. The van der Waals surface area contributed by atoms with Gasteiger partial charge < -0.3 is 4.90 Å². The Labute approximate surface area is 190 Å². The molecule has 2 aromatic carbocycles. The molecule has 0 radical (unpaired) electrons. The van der Waals surface area contributed by atoms with Crippen LogP contribution in [0.25, 0.3) is 0 Å². The van der Waals surface area contributed by atoms with Gasteiger partial charge in [0.25, 0.3) is 0 Å². The van der Waals surface area contributed by atoms with E-state index in [9.17, 15) is 26.4 Å². The molecule has 0 aliphatic carbocycles. The summed E-state index contributed by atoms with van der Waals surface area (Å²) >= 11 is 0. The van der Waals surface area contributed by atoms with E-state index in [0.717, 1.165) is 12.1 Å². The number of nitrogens with zero attached hydrogens (tertiary/aromatic N) is 3. The maximum Gasteiger partial charge on any atom is 0.416 e. The van der Waals surface area contributed by atoms with Crippen LogP contribution in [-0.2, 0) is 27.4 Å². The van der Waals surface area contributed by atoms with E-state index in [4.69, 9.17) is 5.26 Å². The number of hydrogen-bond acceptors (Lipinski definition) is 4. The van der Waals surface area contributed by atoms with Crippen molar-refractivity contribution < 1.29 is 26.4 Å². The standard InChI is InChI=1S/C23H22F3N3O3S/c24-23(25,26)19-5-8-21-18(14-19)2-1-11-29(21)22(30)17-9-12-28(13-10-17)33(31,32)20-6-3-16(15-27)4-7-20/h3-8,14,17H,1-2,9-13H2. The van der Waals surface area contributed by atoms with Crippen LogP contribution in [0.5, 0.6) is 0 Å². The van der Waals surface area contributed by atoms with E-state index in [1.54, 1.807) is 4.90 Å². The highest BCUT2D eigenvalue weighted by molar-refractivity contribution is 7.89. The Balaban J connectivity index is 1.45. The van der Waals surface area contributed by atoms with Crippen molar-refractivity contribution in [2.75, 3.05) is 24.5 Å². The summed E-state index contributed by atoms with van der Waals surface area (Å²) in [6.07, 6.45) is -2.72. The molecule has 4 rings (SSSR count). The number of alkyl halides is 3. The summed E-state index contributed by atoms with van der Waals surface area (Å²) in [7, 11) is -3.74. The zero-order valence-electron chi connectivity index (χ0n) is 17.7. The monoisotopic (exact) mass is 477 g/mol. The summed E-state index contributed by atoms with van der Waals surface area (Å²) in [5.41, 5.74) is 0.649. The number of rotatable bonds is 3. The minimum absolute atomic E-state index is 0.0942. The van der Waals surface area contributed by atoms with Crippen molar-refractivity contribution in [3.05, 3.63) is 59.2 Å². The van der Waals surface area contributed by atoms with E-state index in [2.05, 4.69) is 0 Å². The number of hydrogen-bond donors (Lipinski definition) is 0. The molecule has 0 unspecified atom stereocenters. The van der Waals surface area contributed by atoms with Gasteiger partial charge in [0.2, 0.25) is 15.9 Å². The summed E-state index contributed by atoms with van der Waals surface area (Å²) in [5.74, 6) is -0.572. The van der Waals surface area contributed by atoms with Crippen LogP contribution in [0, 0.1) is 17.2 Å². The predicted molar refractivity (Wildman–Crippen MR) is 115 cm³/mol. The van der Waals surface area contributed by atoms with Crippen LogP contribution in [0.1, 0.15) is 36.0 Å². The summed E-state index contributed by atoms with van der Waals surface area (Å²) < 4.78 is 66.3. The lowest BCUT2D eigenvalue weighted by Gasteiger charge is -2.36. The number of fused-ring (bicyclic) bond motifs is 1. The smallest absolute Gasteiger partial charge is 0.312 e. The third kappa shape index (κ3) is 4.61. The van der Waals surface area contributed by atoms with Gasteiger partial charge in [-0.15, -0.1) is 0 Å². The first-order chi connectivity index (χ1) is 15.6. The van der Waals surface area contributed by atoms with Crippen molar-refractivity contribution in [2.45, 2.75) is 36.8 Å². The Hall–Kier alpha value is -2.90. The summed E-state index contributed by atoms with van der Waals surface area (Å²) in [4.78, 5) is 14.8. The van der Waals surface area contributed by atoms with Crippen LogP contribution < -0.4 is 4.90 Å². The Morgan fingerprint density at radius 3 is 2.30 bits per heavy atom. The second-order valence-corrected chi connectivity index (χ2v) is 10.2. The van der Waals surface area contributed by atoms with Gasteiger partial charge >= 0.3 is 6.18 Å². The number of piperidine rings is 1. The minimum atomic E-state index is -4.44. The van der Waals surface area contributed by atoms with Gasteiger partial charge in [0.1, 0.15) is 0 Å². The summed E-state index contributed by atoms with van der Waals surface area (Å²) in [6.45, 7) is 0.778. The van der Waals surface area contributed by atoms with Crippen molar-refractivity contribution in [3.8, 4) is 6.07 Å². The lowest BCUT2D eigenvalue weighted by atomic mass is 9.93. The molecule has 0 N–H and O–H groups in total. The van der Waals surface area contributed by atoms with E-state index < -0.39 is 27.7 Å². The molecule has 174 valence electrons. The van der Waals surface area contributed by atoms with Gasteiger partial charge in [-0.1, -0.05) is 0 Å². The van der Waals surface area contributed by atoms with E-state index >= 15 is 0 Å². The second kappa shape index (κ2) is 8.80. The topological polar surface area (TPSA) is 81.5 Å². The Bertz CT molecular complexity index is 1200. The molecule has 33 heavy (non-hydrogen) atoms. The van der Waals surface area contributed by atoms with Crippen LogP contribution >= 0.6 is 0 Å². The Morgan fingerprint density at radius 1 is 1.03 bits per heavy atom. The van der Waals surface area contributed by atoms with E-state index in [-0.39, 0.29) is 23.9 Å². The molecule has 0 bridgehead atoms. The van der Waals surface area contributed by atoms with Crippen LogP contribution in [0.3, 0.4) is 0 Å². The minimum Gasteiger partial charge on any atom is -0.312 e. The molecule has 0 atom stereocenters. The normalized spacial score (nSPS) is 17.9. The number of aryl methyl sites for hydroxylation is 1. The van der Waals surface area contributed by atoms with Crippen molar-refractivity contribution in [1.29, 1.82) is 5.26 Å². The number of sulfonamides is 1. The maximum atomic E-state index is 13.2. The highest BCUT2D eigenvalue weighted by Crippen LogP contribution is 2.36. The predicted octanol–water partition coefficient (Wildman–Crippen LogP) is 3.96. The molecule has 1 amide bonds. The molecule has 2 heterocycles. The SMILES string of the molecule is N#Cc1ccc(S(=O)(=O)N2CCC(C(=O)N3CCCc4cc(C(F)(F)F)ccc43)CC2)cc1. The quantitative estimate of drug-likeness (QED) is 0.670. The molecule has 0 aromatic heterocycles. The zero-order valence-corrected chi connectivity index (χ0v) is 18.5. The fraction of sp³-hybridized carbons (Fsp3) is 0.391. The first-order valence-corrected chi connectivity index (χ1v) is 12.1. The van der Waals surface area contributed by atoms with E-state index in [1.807, 2.05) is 6.07 Å². The summed E-state index contributed by atoms with van der Waals surface area (Å²) in [5, 5.41) is 8.88. The van der Waals surface area contributed by atoms with Gasteiger partial charge in [-0.05, 0) is 73.7 Å². The van der Waals surface area contributed by atoms with E-state index in [1.165, 1.54) is 34.6 Å². The van der Waals surface area contributed by atoms with Crippen molar-refractivity contribution in [3.63, 3.8) is 0 Å². The largest absolute Gasteiger partial charge is 0.416 e. The molecule has 0 saturated carbocycles. The highest BCUT2D eigenvalue weighted by Gasteiger charge is 2.36. The number of carbonyl (C=O) groups is 1. The molecule has 10 heteroatoms. The first-order valence-electron chi connectivity index (χ1n) is 10.6. The second-order valence-electron chi connectivity index (χ2n) is 8.25. The van der Waals surface area contributed by atoms with Crippen molar-refractivity contribution in [1.82, 2.24) is 4.31 Å². The molecule has 2 aliphatic rings. The van der Waals surface area contributed by atoms with Crippen molar-refractivity contribution >= 4 is 21.6 Å². The van der Waals surface area contributed by atoms with Gasteiger partial charge in [-0.3, -0.25) is 4.79 Å². The lowest BCUT2D eigenvalue weighted by Crippen LogP contribution is -2.45. The number of amides is 1. The average molecular weight is 478 g/mol. The van der Waals surface area contributed by atoms with Gasteiger partial charge in [0, 0.05) is 31.2 Å². The number of halogens is 3. The zero-order chi connectivity index (χ0) is 23.8. The molecular formula is C23H22F3N3O3S. The van der Waals surface area contributed by atoms with Gasteiger partial charge in [0.15, 0.2) is 0 Å². The van der Waals surface area contributed by atoms with Crippen molar-refractivity contribution in [2.24, 2.45) is 5.92 Å². The number of carbonyl (C=O) groups excluding carboxylic acids is 1. The Kier molecular flexibility index (Phi) is 6.20. The molecule has 6 nitrogen and oxygen atoms in total. The number of nitriles is 1. The molecule has 1 saturated heterocycles. The van der Waals surface area contributed by atoms with Crippen LogP contribution in [0.15, 0.2) is 47.4 Å². The number of benzene rings is 2.